The van der Waals surface area contributed by atoms with Crippen molar-refractivity contribution < 1.29 is 9.26 Å². The van der Waals surface area contributed by atoms with Gasteiger partial charge in [0.25, 0.3) is 0 Å². The summed E-state index contributed by atoms with van der Waals surface area (Å²) in [5.74, 6) is 3.48. The van der Waals surface area contributed by atoms with E-state index in [0.29, 0.717) is 30.1 Å². The molecule has 8 nitrogen and oxygen atoms in total. The van der Waals surface area contributed by atoms with E-state index in [0.717, 1.165) is 35.5 Å². The first kappa shape index (κ1) is 19.4. The van der Waals surface area contributed by atoms with Crippen LogP contribution in [0, 0.1) is 0 Å². The Balaban J connectivity index is 1.31. The van der Waals surface area contributed by atoms with E-state index in [1.807, 2.05) is 31.2 Å². The standard InChI is InChI=1S/C21H26N6O2S/c1-2-28-17-9-5-4-8-16(17)19-22-18(29-25-19)14-30-21-24-23-20(27(21)15-10-11-15)26-12-6-3-7-13-26/h4-5,8-9,15H,2-3,6-7,10-14H2,1H3. The molecule has 0 atom stereocenters. The van der Waals surface area contributed by atoms with Gasteiger partial charge in [-0.15, -0.1) is 10.2 Å². The van der Waals surface area contributed by atoms with Crippen LogP contribution in [0.1, 0.15) is 51.0 Å². The third-order valence-corrected chi connectivity index (χ3v) is 6.35. The normalized spacial score (nSPS) is 16.8. The summed E-state index contributed by atoms with van der Waals surface area (Å²) < 4.78 is 13.5. The number of aromatic nitrogens is 5. The predicted molar refractivity (Wildman–Crippen MR) is 115 cm³/mol. The second-order valence-corrected chi connectivity index (χ2v) is 8.60. The molecule has 0 amide bonds. The second-order valence-electron chi connectivity index (χ2n) is 7.66. The summed E-state index contributed by atoms with van der Waals surface area (Å²) in [5.41, 5.74) is 0.841. The Morgan fingerprint density at radius 1 is 1.13 bits per heavy atom. The minimum absolute atomic E-state index is 0.524. The Labute approximate surface area is 180 Å². The smallest absolute Gasteiger partial charge is 0.237 e. The van der Waals surface area contributed by atoms with Gasteiger partial charge in [0.15, 0.2) is 5.16 Å². The number of nitrogens with zero attached hydrogens (tertiary/aromatic N) is 6. The fourth-order valence-corrected chi connectivity index (χ4v) is 4.65. The van der Waals surface area contributed by atoms with E-state index >= 15 is 0 Å². The molecular weight excluding hydrogens is 400 g/mol. The van der Waals surface area contributed by atoms with Gasteiger partial charge in [0.05, 0.1) is 17.9 Å². The lowest BCUT2D eigenvalue weighted by Gasteiger charge is -2.27. The average molecular weight is 427 g/mol. The van der Waals surface area contributed by atoms with Crippen LogP contribution in [0.3, 0.4) is 0 Å². The third kappa shape index (κ3) is 4.03. The van der Waals surface area contributed by atoms with E-state index in [-0.39, 0.29) is 0 Å². The topological polar surface area (TPSA) is 82.1 Å². The van der Waals surface area contributed by atoms with E-state index in [1.165, 1.54) is 32.1 Å². The van der Waals surface area contributed by atoms with Gasteiger partial charge in [-0.1, -0.05) is 29.1 Å². The largest absolute Gasteiger partial charge is 0.493 e. The fourth-order valence-electron chi connectivity index (χ4n) is 3.81. The molecule has 1 aromatic carbocycles. The van der Waals surface area contributed by atoms with Crippen LogP contribution in [0.15, 0.2) is 33.9 Å². The van der Waals surface area contributed by atoms with Crippen LogP contribution in [0.2, 0.25) is 0 Å². The zero-order valence-electron chi connectivity index (χ0n) is 17.2. The molecule has 1 aliphatic heterocycles. The maximum absolute atomic E-state index is 5.69. The van der Waals surface area contributed by atoms with E-state index in [1.54, 1.807) is 11.8 Å². The highest BCUT2D eigenvalue weighted by molar-refractivity contribution is 7.98. The first-order chi connectivity index (χ1) is 14.8. The molecule has 1 saturated heterocycles. The Bertz CT molecular complexity index is 993. The van der Waals surface area contributed by atoms with Gasteiger partial charge in [0.2, 0.25) is 17.7 Å². The first-order valence-electron chi connectivity index (χ1n) is 10.7. The molecule has 2 aromatic heterocycles. The van der Waals surface area contributed by atoms with Crippen molar-refractivity contribution in [3.8, 4) is 17.1 Å². The molecule has 158 valence electrons. The maximum Gasteiger partial charge on any atom is 0.237 e. The summed E-state index contributed by atoms with van der Waals surface area (Å²) in [6.07, 6.45) is 6.17. The van der Waals surface area contributed by atoms with Gasteiger partial charge in [-0.25, -0.2) is 0 Å². The highest BCUT2D eigenvalue weighted by Crippen LogP contribution is 2.41. The monoisotopic (exact) mass is 426 g/mol. The van der Waals surface area contributed by atoms with Crippen LogP contribution in [-0.4, -0.2) is 44.6 Å². The summed E-state index contributed by atoms with van der Waals surface area (Å²) in [7, 11) is 0. The van der Waals surface area contributed by atoms with Crippen molar-refractivity contribution >= 4 is 17.7 Å². The molecule has 0 spiro atoms. The lowest BCUT2D eigenvalue weighted by Crippen LogP contribution is -2.31. The Morgan fingerprint density at radius 2 is 1.97 bits per heavy atom. The van der Waals surface area contributed by atoms with Gasteiger partial charge >= 0.3 is 0 Å². The third-order valence-electron chi connectivity index (χ3n) is 5.42. The minimum atomic E-state index is 0.524. The van der Waals surface area contributed by atoms with Gasteiger partial charge in [-0.2, -0.15) is 4.98 Å². The number of piperidine rings is 1. The Kier molecular flexibility index (Phi) is 5.61. The zero-order valence-corrected chi connectivity index (χ0v) is 18.0. The highest BCUT2D eigenvalue weighted by atomic mass is 32.2. The van der Waals surface area contributed by atoms with Crippen LogP contribution < -0.4 is 9.64 Å². The molecule has 30 heavy (non-hydrogen) atoms. The van der Waals surface area contributed by atoms with Crippen molar-refractivity contribution in [2.75, 3.05) is 24.6 Å². The second kappa shape index (κ2) is 8.67. The van der Waals surface area contributed by atoms with Crippen LogP contribution in [0.25, 0.3) is 11.4 Å². The molecule has 1 aliphatic carbocycles. The number of rotatable bonds is 8. The van der Waals surface area contributed by atoms with Crippen LogP contribution in [0.5, 0.6) is 5.75 Å². The molecule has 0 radical (unpaired) electrons. The molecule has 0 N–H and O–H groups in total. The lowest BCUT2D eigenvalue weighted by molar-refractivity contribution is 0.341. The molecule has 9 heteroatoms. The Morgan fingerprint density at radius 3 is 2.77 bits per heavy atom. The maximum atomic E-state index is 5.69. The van der Waals surface area contributed by atoms with Gasteiger partial charge in [-0.05, 0) is 51.2 Å². The molecule has 2 aliphatic rings. The average Bonchev–Trinajstić information content (AvgIpc) is 3.36. The molecular formula is C21H26N6O2S. The number of para-hydroxylation sites is 1. The quantitative estimate of drug-likeness (QED) is 0.492. The number of ether oxygens (including phenoxy) is 1. The predicted octanol–water partition coefficient (Wildman–Crippen LogP) is 4.34. The fraction of sp³-hybridized carbons (Fsp3) is 0.524. The van der Waals surface area contributed by atoms with Gasteiger partial charge in [0, 0.05) is 19.1 Å². The number of thioether (sulfide) groups is 1. The van der Waals surface area contributed by atoms with Crippen LogP contribution >= 0.6 is 11.8 Å². The molecule has 0 bridgehead atoms. The van der Waals surface area contributed by atoms with Crippen LogP contribution in [0.4, 0.5) is 5.95 Å². The number of benzene rings is 1. The van der Waals surface area contributed by atoms with Crippen molar-refractivity contribution in [1.29, 1.82) is 0 Å². The van der Waals surface area contributed by atoms with E-state index in [2.05, 4.69) is 29.8 Å². The highest BCUT2D eigenvalue weighted by Gasteiger charge is 2.32. The summed E-state index contributed by atoms with van der Waals surface area (Å²) in [4.78, 5) is 6.96. The molecule has 2 fully saturated rings. The van der Waals surface area contributed by atoms with E-state index in [4.69, 9.17) is 9.26 Å². The molecule has 5 rings (SSSR count). The zero-order chi connectivity index (χ0) is 20.3. The van der Waals surface area contributed by atoms with Crippen molar-refractivity contribution in [2.24, 2.45) is 0 Å². The number of hydrogen-bond acceptors (Lipinski definition) is 8. The summed E-state index contributed by atoms with van der Waals surface area (Å²) in [6, 6.07) is 8.28. The van der Waals surface area contributed by atoms with E-state index in [9.17, 15) is 0 Å². The van der Waals surface area contributed by atoms with Crippen LogP contribution in [-0.2, 0) is 5.75 Å². The molecule has 1 saturated carbocycles. The lowest BCUT2D eigenvalue weighted by atomic mass is 10.1. The Hall–Kier alpha value is -2.55. The van der Waals surface area contributed by atoms with Gasteiger partial charge in [0.1, 0.15) is 5.75 Å². The van der Waals surface area contributed by atoms with E-state index < -0.39 is 0 Å². The van der Waals surface area contributed by atoms with Gasteiger partial charge in [-0.3, -0.25) is 4.57 Å². The summed E-state index contributed by atoms with van der Waals surface area (Å²) in [6.45, 7) is 4.69. The minimum Gasteiger partial charge on any atom is -0.493 e. The molecule has 0 unspecified atom stereocenters. The van der Waals surface area contributed by atoms with Crippen molar-refractivity contribution in [3.63, 3.8) is 0 Å². The van der Waals surface area contributed by atoms with Crippen molar-refractivity contribution in [2.45, 2.75) is 56.0 Å². The molecule has 3 heterocycles. The van der Waals surface area contributed by atoms with Crippen molar-refractivity contribution in [1.82, 2.24) is 24.9 Å². The summed E-state index contributed by atoms with van der Waals surface area (Å²) in [5, 5.41) is 14.1. The SMILES string of the molecule is CCOc1ccccc1-c1noc(CSc2nnc(N3CCCCC3)n2C2CC2)n1. The first-order valence-corrected chi connectivity index (χ1v) is 11.7. The van der Waals surface area contributed by atoms with Gasteiger partial charge < -0.3 is 14.2 Å². The molecule has 3 aromatic rings. The number of hydrogen-bond donors (Lipinski definition) is 0. The number of anilines is 1. The summed E-state index contributed by atoms with van der Waals surface area (Å²) >= 11 is 1.61. The van der Waals surface area contributed by atoms with Crippen molar-refractivity contribution in [3.05, 3.63) is 30.2 Å².